The third kappa shape index (κ3) is 8.09. The molecule has 0 bridgehead atoms. The van der Waals surface area contributed by atoms with Gasteiger partial charge in [0.25, 0.3) is 0 Å². The van der Waals surface area contributed by atoms with E-state index in [1.54, 1.807) is 0 Å². The second kappa shape index (κ2) is 14.8. The Labute approximate surface area is 250 Å². The smallest absolute Gasteiger partial charge is 0.490 e. The van der Waals surface area contributed by atoms with E-state index in [1.807, 2.05) is 103 Å². The van der Waals surface area contributed by atoms with Crippen LogP contribution in [0.2, 0.25) is 6.04 Å². The van der Waals surface area contributed by atoms with E-state index in [1.165, 1.54) is 0 Å². The van der Waals surface area contributed by atoms with Crippen molar-refractivity contribution in [2.24, 2.45) is 29.7 Å². The summed E-state index contributed by atoms with van der Waals surface area (Å²) in [7, 11) is -3.26. The maximum atomic E-state index is 10.7. The van der Waals surface area contributed by atoms with Gasteiger partial charge < -0.3 is 15.3 Å². The van der Waals surface area contributed by atoms with Gasteiger partial charge in [0.1, 0.15) is 17.2 Å². The fourth-order valence-electron chi connectivity index (χ4n) is 4.56. The lowest BCUT2D eigenvalue weighted by molar-refractivity contribution is 0.457. The molecule has 0 spiro atoms. The van der Waals surface area contributed by atoms with E-state index < -0.39 is 8.56 Å². The second-order valence-corrected chi connectivity index (χ2v) is 14.2. The topological polar surface area (TPSA) is 135 Å². The molecule has 10 heteroatoms. The van der Waals surface area contributed by atoms with Crippen molar-refractivity contribution in [2.75, 3.05) is 0 Å². The van der Waals surface area contributed by atoms with E-state index in [-0.39, 0.29) is 54.6 Å². The molecule has 3 rings (SSSR count). The highest BCUT2D eigenvalue weighted by molar-refractivity contribution is 6.74. The third-order valence-corrected chi connectivity index (χ3v) is 9.54. The fourth-order valence-corrected chi connectivity index (χ4v) is 6.00. The van der Waals surface area contributed by atoms with Gasteiger partial charge in [-0.3, -0.25) is 0 Å². The van der Waals surface area contributed by atoms with E-state index in [0.29, 0.717) is 22.7 Å². The van der Waals surface area contributed by atoms with Gasteiger partial charge in [-0.15, -0.1) is 0 Å². The number of nitrogens with zero attached hydrogens (tertiary/aromatic N) is 6. The minimum Gasteiger partial charge on any atom is -0.507 e. The summed E-state index contributed by atoms with van der Waals surface area (Å²) in [5.74, 6) is 1.18. The Morgan fingerprint density at radius 1 is 0.524 bits per heavy atom. The molecule has 0 radical (unpaired) electrons. The molecule has 0 unspecified atom stereocenters. The zero-order chi connectivity index (χ0) is 30.9. The standard InChI is InChI=1S/C32H44N6O3Si/c1-8-42(36-33-18-24-12-9-15-27(21(2)3)30(24)39,37-34-19-25-13-10-16-28(22(4)5)31(25)40)38-35-20-26-14-11-17-29(23(6)7)32(26)41/h9-17,21-23,39-41H,8,18-20H2,1-7H3. The molecular weight excluding hydrogens is 544 g/mol. The SMILES string of the molecule is CC[Si](N=NCc1cccc(C(C)C)c1O)(N=NCc1cccc(C(C)C)c1O)N=NCc1cccc(C(C)C)c1O. The van der Waals surface area contributed by atoms with Crippen LogP contribution < -0.4 is 0 Å². The number of para-hydroxylation sites is 3. The second-order valence-electron chi connectivity index (χ2n) is 11.4. The molecule has 0 fully saturated rings. The maximum Gasteiger partial charge on any atom is 0.490 e. The van der Waals surface area contributed by atoms with Crippen molar-refractivity contribution in [2.45, 2.75) is 91.9 Å². The van der Waals surface area contributed by atoms with E-state index in [2.05, 4.69) is 29.7 Å². The molecular formula is C32H44N6O3Si. The van der Waals surface area contributed by atoms with Gasteiger partial charge in [0.05, 0.1) is 19.6 Å². The summed E-state index contributed by atoms with van der Waals surface area (Å²) < 4.78 is 13.8. The highest BCUT2D eigenvalue weighted by Gasteiger charge is 2.35. The van der Waals surface area contributed by atoms with Gasteiger partial charge >= 0.3 is 8.56 Å². The van der Waals surface area contributed by atoms with Crippen LogP contribution in [-0.4, -0.2) is 23.9 Å². The lowest BCUT2D eigenvalue weighted by Crippen LogP contribution is -2.25. The van der Waals surface area contributed by atoms with Crippen LogP contribution in [0.3, 0.4) is 0 Å². The minimum absolute atomic E-state index is 0.167. The monoisotopic (exact) mass is 588 g/mol. The van der Waals surface area contributed by atoms with Gasteiger partial charge in [0.15, 0.2) is 0 Å². The first-order valence-corrected chi connectivity index (χ1v) is 16.6. The Morgan fingerprint density at radius 3 is 1.05 bits per heavy atom. The number of aromatic hydroxyl groups is 3. The van der Waals surface area contributed by atoms with Crippen molar-refractivity contribution < 1.29 is 15.3 Å². The van der Waals surface area contributed by atoms with Gasteiger partial charge in [-0.05, 0) is 34.4 Å². The highest BCUT2D eigenvalue weighted by atomic mass is 28.4. The number of phenols is 3. The van der Waals surface area contributed by atoms with Crippen molar-refractivity contribution in [1.29, 1.82) is 0 Å². The molecule has 3 aromatic rings. The van der Waals surface area contributed by atoms with Crippen LogP contribution in [0.25, 0.3) is 0 Å². The van der Waals surface area contributed by atoms with Gasteiger partial charge in [0.2, 0.25) is 0 Å². The van der Waals surface area contributed by atoms with Gasteiger partial charge in [0, 0.05) is 22.7 Å². The number of hydrogen-bond donors (Lipinski definition) is 3. The van der Waals surface area contributed by atoms with Gasteiger partial charge in [-0.2, -0.15) is 29.7 Å². The Kier molecular flexibility index (Phi) is 11.5. The number of phenolic OH excluding ortho intramolecular Hbond substituents is 3. The van der Waals surface area contributed by atoms with Crippen molar-refractivity contribution in [3.8, 4) is 17.2 Å². The number of hydrogen-bond acceptors (Lipinski definition) is 9. The highest BCUT2D eigenvalue weighted by Crippen LogP contribution is 2.32. The molecule has 0 saturated heterocycles. The van der Waals surface area contributed by atoms with Crippen LogP contribution in [0, 0.1) is 0 Å². The largest absolute Gasteiger partial charge is 0.507 e. The predicted molar refractivity (Wildman–Crippen MR) is 169 cm³/mol. The Bertz CT molecular complexity index is 1270. The van der Waals surface area contributed by atoms with Crippen LogP contribution >= 0.6 is 0 Å². The zero-order valence-electron chi connectivity index (χ0n) is 25.8. The van der Waals surface area contributed by atoms with Crippen molar-refractivity contribution in [3.05, 3.63) is 88.0 Å². The summed E-state index contributed by atoms with van der Waals surface area (Å²) in [5, 5.41) is 45.5. The summed E-state index contributed by atoms with van der Waals surface area (Å²) in [6.45, 7) is 14.6. The minimum atomic E-state index is -3.26. The Morgan fingerprint density at radius 2 is 0.810 bits per heavy atom. The fraction of sp³-hybridized carbons (Fsp3) is 0.438. The molecule has 0 aromatic heterocycles. The summed E-state index contributed by atoms with van der Waals surface area (Å²) in [4.78, 5) is 0. The molecule has 0 aliphatic rings. The van der Waals surface area contributed by atoms with Crippen LogP contribution in [0.4, 0.5) is 0 Å². The first-order chi connectivity index (χ1) is 20.0. The van der Waals surface area contributed by atoms with E-state index in [4.69, 9.17) is 0 Å². The zero-order valence-corrected chi connectivity index (χ0v) is 26.8. The molecule has 0 atom stereocenters. The first-order valence-electron chi connectivity index (χ1n) is 14.6. The van der Waals surface area contributed by atoms with Crippen LogP contribution in [0.5, 0.6) is 17.2 Å². The molecule has 9 nitrogen and oxygen atoms in total. The molecule has 224 valence electrons. The van der Waals surface area contributed by atoms with Crippen molar-refractivity contribution in [3.63, 3.8) is 0 Å². The van der Waals surface area contributed by atoms with Crippen LogP contribution in [-0.2, 0) is 19.6 Å². The summed E-state index contributed by atoms with van der Waals surface area (Å²) in [6, 6.07) is 17.4. The van der Waals surface area contributed by atoms with Crippen LogP contribution in [0.1, 0.15) is 99.6 Å². The van der Waals surface area contributed by atoms with Gasteiger partial charge in [-0.1, -0.05) is 103 Å². The first kappa shape index (κ1) is 32.6. The molecule has 0 aliphatic heterocycles. The van der Waals surface area contributed by atoms with Gasteiger partial charge in [-0.25, -0.2) is 0 Å². The Hall–Kier alpha value is -3.92. The quantitative estimate of drug-likeness (QED) is 0.135. The molecule has 3 N–H and O–H groups in total. The molecule has 3 aromatic carbocycles. The van der Waals surface area contributed by atoms with Crippen LogP contribution in [0.15, 0.2) is 84.3 Å². The summed E-state index contributed by atoms with van der Waals surface area (Å²) in [6.07, 6.45) is 0. The number of rotatable bonds is 13. The average molecular weight is 589 g/mol. The van der Waals surface area contributed by atoms with Crippen molar-refractivity contribution in [1.82, 2.24) is 0 Å². The molecule has 42 heavy (non-hydrogen) atoms. The summed E-state index contributed by atoms with van der Waals surface area (Å²) in [5.41, 5.74) is 4.57. The summed E-state index contributed by atoms with van der Waals surface area (Å²) >= 11 is 0. The van der Waals surface area contributed by atoms with E-state index >= 15 is 0 Å². The van der Waals surface area contributed by atoms with E-state index in [0.717, 1.165) is 16.7 Å². The Balaban J connectivity index is 1.92. The van der Waals surface area contributed by atoms with Crippen molar-refractivity contribution >= 4 is 8.56 Å². The lowest BCUT2D eigenvalue weighted by atomic mass is 9.99. The lowest BCUT2D eigenvalue weighted by Gasteiger charge is -2.14. The molecule has 0 saturated carbocycles. The van der Waals surface area contributed by atoms with E-state index in [9.17, 15) is 15.3 Å². The average Bonchev–Trinajstić information content (AvgIpc) is 2.95. The molecule has 0 heterocycles. The molecule has 0 aliphatic carbocycles. The normalized spacial score (nSPS) is 13.9. The number of benzene rings is 3. The maximum absolute atomic E-state index is 10.7. The third-order valence-electron chi connectivity index (χ3n) is 7.21. The molecule has 0 amide bonds. The predicted octanol–water partition coefficient (Wildman–Crippen LogP) is 9.39.